The zero-order valence-corrected chi connectivity index (χ0v) is 23.6. The van der Waals surface area contributed by atoms with Crippen molar-refractivity contribution in [3.05, 3.63) is 69.3 Å². The molecule has 0 aliphatic carbocycles. The molecule has 5 N–H and O–H groups in total. The summed E-state index contributed by atoms with van der Waals surface area (Å²) < 4.78 is 0. The largest absolute Gasteiger partial charge is 2.00 e. The van der Waals surface area contributed by atoms with Gasteiger partial charge >= 0.3 is 25.4 Å². The van der Waals surface area contributed by atoms with E-state index in [9.17, 15) is 30.3 Å². The quantitative estimate of drug-likeness (QED) is 0.217. The molecule has 0 aromatic carbocycles. The molecule has 0 saturated carbocycles. The fourth-order valence-electron chi connectivity index (χ4n) is 5.26. The third kappa shape index (κ3) is 4.75. The minimum Gasteiger partial charge on any atom is -0.657 e. The average molecular weight is 618 g/mol. The molecule has 0 fully saturated rings. The van der Waals surface area contributed by atoms with E-state index >= 15 is 0 Å². The van der Waals surface area contributed by atoms with Crippen molar-refractivity contribution in [3.63, 3.8) is 0 Å². The number of rotatable bonds is 3. The van der Waals surface area contributed by atoms with Gasteiger partial charge in [0.15, 0.2) is 12.6 Å². The van der Waals surface area contributed by atoms with E-state index in [1.807, 2.05) is 13.8 Å². The van der Waals surface area contributed by atoms with Crippen molar-refractivity contribution in [2.75, 3.05) is 0 Å². The topological polar surface area (TPSA) is 172 Å². The summed E-state index contributed by atoms with van der Waals surface area (Å²) in [6, 6.07) is 6.56. The van der Waals surface area contributed by atoms with E-state index in [1.54, 1.807) is 39.0 Å². The van der Waals surface area contributed by atoms with Crippen LogP contribution in [0.15, 0.2) is 24.3 Å². The Kier molecular flexibility index (Phi) is 7.68. The van der Waals surface area contributed by atoms with Crippen LogP contribution in [0.5, 0.6) is 0 Å². The first-order chi connectivity index (χ1) is 17.9. The summed E-state index contributed by atoms with van der Waals surface area (Å²) >= 11 is 0. The number of carbonyl (C=O) groups is 1. The zero-order valence-electron chi connectivity index (χ0n) is 21.9. The second-order valence-corrected chi connectivity index (χ2v) is 9.88. The summed E-state index contributed by atoms with van der Waals surface area (Å²) in [4.78, 5) is 30.8. The monoisotopic (exact) mass is 618 g/mol. The van der Waals surface area contributed by atoms with Crippen LogP contribution in [0.1, 0.15) is 88.7 Å². The summed E-state index contributed by atoms with van der Waals surface area (Å²) in [6.07, 6.45) is -3.56. The standard InChI is InChI=1S/C28H29N4O6.Ru/c1-10-11(2)16-8-20-23(26(33)34)13(4)18(30-20)7-19-14(5)25(28(37)38)22(32-19)9-21-24(27(35)36)12(3)17(31-21)6-15(10)29-16;/h6-9,14,25,27-28,35-38H,1-5H3,(H2-,29,30,31,32,33,34);/q-1;+2/p-1. The van der Waals surface area contributed by atoms with Gasteiger partial charge in [-0.15, -0.1) is 22.1 Å². The molecule has 2 aliphatic heterocycles. The van der Waals surface area contributed by atoms with Gasteiger partial charge in [-0.3, -0.25) is 4.98 Å². The maximum atomic E-state index is 12.2. The summed E-state index contributed by atoms with van der Waals surface area (Å²) in [5, 5.41) is 50.7. The van der Waals surface area contributed by atoms with Gasteiger partial charge in [-0.1, -0.05) is 42.3 Å². The van der Waals surface area contributed by atoms with Gasteiger partial charge in [-0.2, -0.15) is 0 Å². The first kappa shape index (κ1) is 28.8. The van der Waals surface area contributed by atoms with E-state index in [2.05, 4.69) is 15.0 Å². The van der Waals surface area contributed by atoms with Crippen LogP contribution in [0.25, 0.3) is 33.2 Å². The van der Waals surface area contributed by atoms with Crippen LogP contribution >= 0.6 is 0 Å². The third-order valence-corrected chi connectivity index (χ3v) is 7.65. The summed E-state index contributed by atoms with van der Waals surface area (Å²) in [7, 11) is 0. The molecule has 11 heteroatoms. The van der Waals surface area contributed by atoms with Gasteiger partial charge in [-0.05, 0) is 44.4 Å². The number of allylic oxidation sites excluding steroid dienone is 2. The maximum Gasteiger partial charge on any atom is 2.00 e. The molecule has 0 spiro atoms. The number of carboxylic acids is 1. The van der Waals surface area contributed by atoms with Crippen molar-refractivity contribution in [1.29, 1.82) is 0 Å². The minimum atomic E-state index is -1.81. The molecular formula is C28H28N4O6Ru. The molecule has 3 aromatic rings. The summed E-state index contributed by atoms with van der Waals surface area (Å²) in [6.45, 7) is 8.96. The normalized spacial score (nSPS) is 17.2. The SMILES string of the molecule is CC1=C(C)c2cc3[n-]c(cc4nc(cc5[n-]c(cc1n2)c(C)c5C(O)O)C(C(O)O)C4C)c(C)c3C(=O)O.[Ru+2]. The average Bonchev–Trinajstić information content (AvgIpc) is 3.48. The molecule has 10 nitrogen and oxygen atoms in total. The number of nitrogens with zero attached hydrogens (tertiary/aromatic N) is 4. The Morgan fingerprint density at radius 3 is 1.90 bits per heavy atom. The van der Waals surface area contributed by atoms with Crippen LogP contribution < -0.4 is 9.97 Å². The Labute approximate surface area is 236 Å². The number of aliphatic hydroxyl groups excluding tert-OH is 2. The second kappa shape index (κ2) is 10.4. The van der Waals surface area contributed by atoms with E-state index in [4.69, 9.17) is 4.98 Å². The van der Waals surface area contributed by atoms with Crippen molar-refractivity contribution < 1.29 is 49.8 Å². The number of aromatic nitrogens is 4. The van der Waals surface area contributed by atoms with Crippen LogP contribution in [-0.4, -0.2) is 47.8 Å². The number of aromatic carboxylic acids is 1. The fraction of sp³-hybridized carbons (Fsp3) is 0.321. The van der Waals surface area contributed by atoms with Gasteiger partial charge in [0, 0.05) is 22.9 Å². The first-order valence-corrected chi connectivity index (χ1v) is 12.2. The third-order valence-electron chi connectivity index (χ3n) is 7.65. The molecule has 5 heterocycles. The molecule has 39 heavy (non-hydrogen) atoms. The summed E-state index contributed by atoms with van der Waals surface area (Å²) in [5.41, 5.74) is 6.30. The number of aryl methyl sites for hydroxylation is 2. The fourth-order valence-corrected chi connectivity index (χ4v) is 5.26. The van der Waals surface area contributed by atoms with Crippen molar-refractivity contribution in [1.82, 2.24) is 19.9 Å². The van der Waals surface area contributed by atoms with Crippen LogP contribution in [-0.2, 0) is 19.5 Å². The molecule has 204 valence electrons. The molecule has 5 rings (SSSR count). The molecule has 8 bridgehead atoms. The molecule has 3 aromatic heterocycles. The van der Waals surface area contributed by atoms with Crippen LogP contribution in [0.3, 0.4) is 0 Å². The van der Waals surface area contributed by atoms with E-state index in [-0.39, 0.29) is 41.6 Å². The predicted octanol–water partition coefficient (Wildman–Crippen LogP) is 3.02. The van der Waals surface area contributed by atoms with E-state index < -0.39 is 30.4 Å². The number of aliphatic hydroxyl groups is 4. The van der Waals surface area contributed by atoms with Gasteiger partial charge < -0.3 is 35.5 Å². The minimum absolute atomic E-state index is 0. The number of fused-ring (bicyclic) bond motifs is 8. The van der Waals surface area contributed by atoms with Gasteiger partial charge in [0.05, 0.1) is 17.3 Å². The molecule has 0 saturated heterocycles. The van der Waals surface area contributed by atoms with E-state index in [0.29, 0.717) is 44.9 Å². The number of hydrogen-bond donors (Lipinski definition) is 5. The van der Waals surface area contributed by atoms with Gasteiger partial charge in [0.2, 0.25) is 0 Å². The van der Waals surface area contributed by atoms with Gasteiger partial charge in [0.25, 0.3) is 0 Å². The number of carboxylic acid groups (broad SMARTS) is 1. The molecule has 2 aliphatic rings. The van der Waals surface area contributed by atoms with Crippen LogP contribution in [0, 0.1) is 13.8 Å². The number of hydrogen-bond acceptors (Lipinski definition) is 7. The Morgan fingerprint density at radius 2 is 1.33 bits per heavy atom. The Hall–Kier alpha value is -3.21. The Morgan fingerprint density at radius 1 is 0.795 bits per heavy atom. The van der Waals surface area contributed by atoms with Crippen LogP contribution in [0.4, 0.5) is 0 Å². The van der Waals surface area contributed by atoms with Crippen molar-refractivity contribution in [3.8, 4) is 0 Å². The molecule has 2 atom stereocenters. The van der Waals surface area contributed by atoms with Crippen molar-refractivity contribution in [2.24, 2.45) is 0 Å². The van der Waals surface area contributed by atoms with Crippen LogP contribution in [0.2, 0.25) is 0 Å². The Balaban J connectivity index is 0.00000353. The first-order valence-electron chi connectivity index (χ1n) is 12.2. The van der Waals surface area contributed by atoms with Crippen molar-refractivity contribution >= 4 is 39.2 Å². The molecule has 0 radical (unpaired) electrons. The van der Waals surface area contributed by atoms with E-state index in [1.165, 1.54) is 6.07 Å². The summed E-state index contributed by atoms with van der Waals surface area (Å²) in [5.74, 6) is -2.40. The zero-order chi connectivity index (χ0) is 27.6. The second-order valence-electron chi connectivity index (χ2n) is 9.88. The molecule has 0 amide bonds. The maximum absolute atomic E-state index is 12.2. The van der Waals surface area contributed by atoms with Gasteiger partial charge in [0.1, 0.15) is 0 Å². The van der Waals surface area contributed by atoms with Crippen molar-refractivity contribution in [2.45, 2.75) is 59.0 Å². The predicted molar refractivity (Wildman–Crippen MR) is 140 cm³/mol. The molecular weight excluding hydrogens is 589 g/mol. The smallest absolute Gasteiger partial charge is 0.657 e. The van der Waals surface area contributed by atoms with E-state index in [0.717, 1.165) is 11.1 Å². The molecule has 2 unspecified atom stereocenters. The Bertz CT molecular complexity index is 1680. The van der Waals surface area contributed by atoms with Gasteiger partial charge in [-0.25, -0.2) is 9.78 Å².